The van der Waals surface area contributed by atoms with Gasteiger partial charge in [-0.25, -0.2) is 4.39 Å². The highest BCUT2D eigenvalue weighted by Gasteiger charge is 2.15. The molecule has 0 bridgehead atoms. The van der Waals surface area contributed by atoms with E-state index in [-0.39, 0.29) is 29.0 Å². The molecular weight excluding hydrogens is 336 g/mol. The first kappa shape index (κ1) is 19.2. The molecule has 6 heteroatoms. The zero-order valence-electron chi connectivity index (χ0n) is 12.6. The van der Waals surface area contributed by atoms with E-state index in [1.165, 1.54) is 6.07 Å². The summed E-state index contributed by atoms with van der Waals surface area (Å²) in [7, 11) is 1.89. The van der Waals surface area contributed by atoms with Crippen LogP contribution in [0.5, 0.6) is 0 Å². The Balaban J connectivity index is 0.00000264. The summed E-state index contributed by atoms with van der Waals surface area (Å²) in [5.41, 5.74) is 1.88. The predicted octanol–water partition coefficient (Wildman–Crippen LogP) is 4.54. The standard InChI is InChI=1S/C17H17ClFN3.ClH/c1-21-8-7-16(12-5-3-2-4-6-12)22-17-10-14(18)15(19)9-13(17)11-20;/h2-6,9-10,16,21-22H,7-8H2,1H3;1H/t16-;/m1./s1. The van der Waals surface area contributed by atoms with Gasteiger partial charge in [-0.2, -0.15) is 5.26 Å². The Labute approximate surface area is 146 Å². The number of benzene rings is 2. The maximum atomic E-state index is 13.5. The summed E-state index contributed by atoms with van der Waals surface area (Å²) in [6.45, 7) is 0.809. The maximum absolute atomic E-state index is 13.5. The average molecular weight is 354 g/mol. The van der Waals surface area contributed by atoms with E-state index in [2.05, 4.69) is 10.6 Å². The highest BCUT2D eigenvalue weighted by Crippen LogP contribution is 2.28. The fourth-order valence-electron chi connectivity index (χ4n) is 2.24. The number of halogens is 3. The number of nitrogens with zero attached hydrogens (tertiary/aromatic N) is 1. The molecule has 0 radical (unpaired) electrons. The van der Waals surface area contributed by atoms with Crippen molar-refractivity contribution in [3.05, 3.63) is 64.4 Å². The van der Waals surface area contributed by atoms with Crippen LogP contribution in [0.1, 0.15) is 23.6 Å². The molecule has 2 aromatic rings. The van der Waals surface area contributed by atoms with Crippen LogP contribution in [-0.2, 0) is 0 Å². The lowest BCUT2D eigenvalue weighted by Crippen LogP contribution is -2.18. The summed E-state index contributed by atoms with van der Waals surface area (Å²) in [6, 6.07) is 14.5. The van der Waals surface area contributed by atoms with Crippen molar-refractivity contribution >= 4 is 29.7 Å². The zero-order valence-corrected chi connectivity index (χ0v) is 14.2. The summed E-state index contributed by atoms with van der Waals surface area (Å²) in [4.78, 5) is 0. The molecule has 0 saturated heterocycles. The molecule has 0 amide bonds. The maximum Gasteiger partial charge on any atom is 0.143 e. The molecule has 0 fully saturated rings. The molecule has 122 valence electrons. The minimum atomic E-state index is -0.588. The minimum Gasteiger partial charge on any atom is -0.377 e. The lowest BCUT2D eigenvalue weighted by Gasteiger charge is -2.21. The quantitative estimate of drug-likeness (QED) is 0.801. The predicted molar refractivity (Wildman–Crippen MR) is 94.7 cm³/mol. The molecular formula is C17H18Cl2FN3. The van der Waals surface area contributed by atoms with Crippen molar-refractivity contribution in [3.63, 3.8) is 0 Å². The molecule has 0 spiro atoms. The number of anilines is 1. The highest BCUT2D eigenvalue weighted by atomic mass is 35.5. The topological polar surface area (TPSA) is 47.8 Å². The lowest BCUT2D eigenvalue weighted by molar-refractivity contribution is 0.626. The summed E-state index contributed by atoms with van der Waals surface area (Å²) in [5.74, 6) is -0.588. The first-order valence-corrected chi connectivity index (χ1v) is 7.38. The van der Waals surface area contributed by atoms with Crippen LogP contribution in [0.15, 0.2) is 42.5 Å². The molecule has 0 aliphatic rings. The first-order chi connectivity index (χ1) is 10.7. The third-order valence-electron chi connectivity index (χ3n) is 3.40. The number of rotatable bonds is 6. The Bertz CT molecular complexity index is 672. The third kappa shape index (κ3) is 5.11. The molecule has 2 rings (SSSR count). The largest absolute Gasteiger partial charge is 0.377 e. The van der Waals surface area contributed by atoms with Crippen molar-refractivity contribution in [3.8, 4) is 6.07 Å². The third-order valence-corrected chi connectivity index (χ3v) is 3.69. The number of nitriles is 1. The Kier molecular flexibility index (Phi) is 7.84. The van der Waals surface area contributed by atoms with Crippen molar-refractivity contribution in [2.24, 2.45) is 0 Å². The molecule has 0 aliphatic carbocycles. The molecule has 1 atom stereocenters. The zero-order chi connectivity index (χ0) is 15.9. The van der Waals surface area contributed by atoms with Gasteiger partial charge in [-0.15, -0.1) is 12.4 Å². The molecule has 3 nitrogen and oxygen atoms in total. The van der Waals surface area contributed by atoms with E-state index in [1.54, 1.807) is 0 Å². The van der Waals surface area contributed by atoms with Crippen LogP contribution in [-0.4, -0.2) is 13.6 Å². The number of hydrogen-bond acceptors (Lipinski definition) is 3. The van der Waals surface area contributed by atoms with Gasteiger partial charge in [0.25, 0.3) is 0 Å². The van der Waals surface area contributed by atoms with Crippen LogP contribution in [0.3, 0.4) is 0 Å². The molecule has 2 aromatic carbocycles. The van der Waals surface area contributed by atoms with E-state index in [0.717, 1.165) is 24.6 Å². The first-order valence-electron chi connectivity index (χ1n) is 7.01. The van der Waals surface area contributed by atoms with E-state index >= 15 is 0 Å². The van der Waals surface area contributed by atoms with Crippen molar-refractivity contribution in [2.45, 2.75) is 12.5 Å². The van der Waals surface area contributed by atoms with Crippen LogP contribution < -0.4 is 10.6 Å². The van der Waals surface area contributed by atoms with Crippen molar-refractivity contribution in [1.29, 1.82) is 5.26 Å². The summed E-state index contributed by atoms with van der Waals surface area (Å²) < 4.78 is 13.5. The van der Waals surface area contributed by atoms with Crippen LogP contribution in [0.25, 0.3) is 0 Å². The molecule has 0 saturated carbocycles. The number of nitrogens with one attached hydrogen (secondary N) is 2. The van der Waals surface area contributed by atoms with Gasteiger partial charge >= 0.3 is 0 Å². The van der Waals surface area contributed by atoms with E-state index in [1.807, 2.05) is 43.4 Å². The van der Waals surface area contributed by atoms with Gasteiger partial charge in [-0.05, 0) is 37.7 Å². The second-order valence-electron chi connectivity index (χ2n) is 4.92. The fraction of sp³-hybridized carbons (Fsp3) is 0.235. The van der Waals surface area contributed by atoms with Crippen molar-refractivity contribution < 1.29 is 4.39 Å². The van der Waals surface area contributed by atoms with Gasteiger partial charge in [0, 0.05) is 0 Å². The van der Waals surface area contributed by atoms with Gasteiger partial charge in [0.15, 0.2) is 0 Å². The Morgan fingerprint density at radius 2 is 1.96 bits per heavy atom. The van der Waals surface area contributed by atoms with Gasteiger partial charge in [0.05, 0.1) is 22.3 Å². The van der Waals surface area contributed by atoms with Gasteiger partial charge in [0.1, 0.15) is 11.9 Å². The van der Waals surface area contributed by atoms with E-state index in [9.17, 15) is 9.65 Å². The Hall–Kier alpha value is -1.80. The molecule has 0 aromatic heterocycles. The lowest BCUT2D eigenvalue weighted by atomic mass is 10.0. The van der Waals surface area contributed by atoms with Gasteiger partial charge in [0.2, 0.25) is 0 Å². The van der Waals surface area contributed by atoms with Crippen LogP contribution in [0.4, 0.5) is 10.1 Å². The van der Waals surface area contributed by atoms with Crippen molar-refractivity contribution in [1.82, 2.24) is 5.32 Å². The van der Waals surface area contributed by atoms with Gasteiger partial charge in [-0.1, -0.05) is 41.9 Å². The average Bonchev–Trinajstić information content (AvgIpc) is 2.55. The van der Waals surface area contributed by atoms with Gasteiger partial charge < -0.3 is 10.6 Å². The summed E-state index contributed by atoms with van der Waals surface area (Å²) in [5, 5.41) is 15.6. The Morgan fingerprint density at radius 3 is 2.57 bits per heavy atom. The van der Waals surface area contributed by atoms with Crippen molar-refractivity contribution in [2.75, 3.05) is 18.9 Å². The van der Waals surface area contributed by atoms with Crippen LogP contribution in [0.2, 0.25) is 5.02 Å². The van der Waals surface area contributed by atoms with Crippen LogP contribution >= 0.6 is 24.0 Å². The van der Waals surface area contributed by atoms with E-state index in [0.29, 0.717) is 5.69 Å². The second kappa shape index (κ2) is 9.36. The fourth-order valence-corrected chi connectivity index (χ4v) is 2.41. The van der Waals surface area contributed by atoms with Gasteiger partial charge in [-0.3, -0.25) is 0 Å². The normalized spacial score (nSPS) is 11.2. The number of hydrogen-bond donors (Lipinski definition) is 2. The molecule has 23 heavy (non-hydrogen) atoms. The van der Waals surface area contributed by atoms with Crippen LogP contribution in [0, 0.1) is 17.1 Å². The molecule has 0 unspecified atom stereocenters. The molecule has 0 aliphatic heterocycles. The van der Waals surface area contributed by atoms with E-state index < -0.39 is 5.82 Å². The minimum absolute atomic E-state index is 0. The summed E-state index contributed by atoms with van der Waals surface area (Å²) in [6.07, 6.45) is 0.820. The molecule has 2 N–H and O–H groups in total. The molecule has 0 heterocycles. The Morgan fingerprint density at radius 1 is 1.26 bits per heavy atom. The van der Waals surface area contributed by atoms with E-state index in [4.69, 9.17) is 11.6 Å². The highest BCUT2D eigenvalue weighted by molar-refractivity contribution is 6.31. The monoisotopic (exact) mass is 353 g/mol. The summed E-state index contributed by atoms with van der Waals surface area (Å²) >= 11 is 5.84. The second-order valence-corrected chi connectivity index (χ2v) is 5.33. The SMILES string of the molecule is CNCC[C@@H](Nc1cc(Cl)c(F)cc1C#N)c1ccccc1.Cl. The smallest absolute Gasteiger partial charge is 0.143 e.